The molecule has 0 spiro atoms. The smallest absolute Gasteiger partial charge is 0.306 e. The molecule has 0 rings (SSSR count). The first-order valence-electron chi connectivity index (χ1n) is 31.0. The van der Waals surface area contributed by atoms with Crippen molar-refractivity contribution in [1.29, 1.82) is 0 Å². The Balaban J connectivity index is 5.10. The Bertz CT molecular complexity index is 1390. The number of likely N-dealkylation sites (N-methyl/N-ethyl adjacent to an activating group) is 1. The first kappa shape index (κ1) is 71.0. The normalized spacial score (nSPS) is 14.0. The zero-order valence-electron chi connectivity index (χ0n) is 48.8. The Morgan fingerprint density at radius 1 is 0.493 bits per heavy atom. The van der Waals surface area contributed by atoms with Crippen molar-refractivity contribution in [2.45, 2.75) is 303 Å². The van der Waals surface area contributed by atoms with Crippen LogP contribution in [0.15, 0.2) is 48.6 Å². The van der Waals surface area contributed by atoms with Crippen LogP contribution in [-0.4, -0.2) is 69.4 Å². The van der Waals surface area contributed by atoms with Gasteiger partial charge in [-0.3, -0.25) is 14.2 Å². The number of rotatable bonds is 56. The van der Waals surface area contributed by atoms with Gasteiger partial charge in [0.25, 0.3) is 7.82 Å². The number of quaternary nitrogens is 1. The molecule has 1 amide bonds. The molecular formula is C63H119N2O7P. The first-order chi connectivity index (χ1) is 35.4. The third kappa shape index (κ3) is 54.6. The Morgan fingerprint density at radius 3 is 1.30 bits per heavy atom. The van der Waals surface area contributed by atoms with E-state index in [-0.39, 0.29) is 24.9 Å². The van der Waals surface area contributed by atoms with Crippen LogP contribution in [0.25, 0.3) is 0 Å². The summed E-state index contributed by atoms with van der Waals surface area (Å²) in [6, 6.07) is -0.893. The van der Waals surface area contributed by atoms with Crippen molar-refractivity contribution < 1.29 is 37.3 Å². The van der Waals surface area contributed by atoms with E-state index in [2.05, 4.69) is 62.5 Å². The van der Waals surface area contributed by atoms with E-state index in [9.17, 15) is 19.0 Å². The van der Waals surface area contributed by atoms with Gasteiger partial charge in [0.15, 0.2) is 0 Å². The summed E-state index contributed by atoms with van der Waals surface area (Å²) in [6.07, 6.45) is 65.2. The summed E-state index contributed by atoms with van der Waals surface area (Å²) in [7, 11) is 1.18. The van der Waals surface area contributed by atoms with Crippen molar-refractivity contribution in [2.24, 2.45) is 0 Å². The molecule has 0 heterocycles. The molecule has 0 aromatic rings. The van der Waals surface area contributed by atoms with E-state index in [1.807, 2.05) is 33.3 Å². The van der Waals surface area contributed by atoms with E-state index < -0.39 is 26.6 Å². The number of carbonyl (C=O) groups is 2. The number of amides is 1. The molecule has 0 radical (unpaired) electrons. The van der Waals surface area contributed by atoms with Gasteiger partial charge in [0.1, 0.15) is 19.3 Å². The largest absolute Gasteiger partial charge is 0.756 e. The average molecular weight is 1050 g/mol. The molecule has 0 aromatic carbocycles. The van der Waals surface area contributed by atoms with Crippen molar-refractivity contribution >= 4 is 19.7 Å². The monoisotopic (exact) mass is 1050 g/mol. The SMILES string of the molecule is CC/C=C/C=C/C=C\CCCCCCCC(=O)OC(/C=C\CCCCCCCCCCC)C(COP(=O)([O-])OCC[N+](C)(C)C)NC(=O)CCCCCCCCCCCCCCCCCCCCCCCCC. The molecule has 10 heteroatoms. The number of phosphoric ester groups is 1. The molecule has 0 aliphatic heterocycles. The summed E-state index contributed by atoms with van der Waals surface area (Å²) in [5, 5.41) is 3.02. The highest BCUT2D eigenvalue weighted by Crippen LogP contribution is 2.38. The zero-order valence-corrected chi connectivity index (χ0v) is 49.7. The lowest BCUT2D eigenvalue weighted by atomic mass is 10.0. The number of phosphoric acid groups is 1. The number of unbranched alkanes of at least 4 members (excludes halogenated alkanes) is 36. The molecule has 73 heavy (non-hydrogen) atoms. The van der Waals surface area contributed by atoms with E-state index >= 15 is 0 Å². The average Bonchev–Trinajstić information content (AvgIpc) is 3.35. The van der Waals surface area contributed by atoms with Gasteiger partial charge in [-0.1, -0.05) is 275 Å². The maximum absolute atomic E-state index is 13.5. The summed E-state index contributed by atoms with van der Waals surface area (Å²) in [4.78, 5) is 39.9. The van der Waals surface area contributed by atoms with Gasteiger partial charge in [-0.15, -0.1) is 0 Å². The number of nitrogens with one attached hydrogen (secondary N) is 1. The zero-order chi connectivity index (χ0) is 53.6. The maximum Gasteiger partial charge on any atom is 0.306 e. The van der Waals surface area contributed by atoms with Gasteiger partial charge in [0.2, 0.25) is 5.91 Å². The van der Waals surface area contributed by atoms with Crippen LogP contribution in [0.3, 0.4) is 0 Å². The Kier molecular flexibility index (Phi) is 51.9. The van der Waals surface area contributed by atoms with Gasteiger partial charge < -0.3 is 28.5 Å². The summed E-state index contributed by atoms with van der Waals surface area (Å²) in [5.41, 5.74) is 0. The number of hydrogen-bond donors (Lipinski definition) is 1. The van der Waals surface area contributed by atoms with E-state index in [0.29, 0.717) is 23.9 Å². The predicted molar refractivity (Wildman–Crippen MR) is 312 cm³/mol. The molecule has 0 saturated carbocycles. The molecule has 0 aliphatic rings. The quantitative estimate of drug-likeness (QED) is 0.0161. The van der Waals surface area contributed by atoms with Crippen molar-refractivity contribution in [3.05, 3.63) is 48.6 Å². The van der Waals surface area contributed by atoms with E-state index in [1.54, 1.807) is 0 Å². The second-order valence-electron chi connectivity index (χ2n) is 22.2. The van der Waals surface area contributed by atoms with Gasteiger partial charge in [-0.25, -0.2) is 0 Å². The van der Waals surface area contributed by atoms with Crippen molar-refractivity contribution in [3.63, 3.8) is 0 Å². The molecule has 428 valence electrons. The topological polar surface area (TPSA) is 114 Å². The van der Waals surface area contributed by atoms with Crippen LogP contribution < -0.4 is 10.2 Å². The number of ether oxygens (including phenoxy) is 1. The molecule has 0 fully saturated rings. The summed E-state index contributed by atoms with van der Waals surface area (Å²) >= 11 is 0. The molecule has 3 atom stereocenters. The maximum atomic E-state index is 13.5. The molecule has 0 bridgehead atoms. The molecule has 0 saturated heterocycles. The number of esters is 1. The minimum atomic E-state index is -4.70. The number of nitrogens with zero attached hydrogens (tertiary/aromatic N) is 1. The fourth-order valence-electron chi connectivity index (χ4n) is 9.05. The molecule has 0 aliphatic carbocycles. The van der Waals surface area contributed by atoms with Gasteiger partial charge in [-0.05, 0) is 51.0 Å². The molecular weight excluding hydrogens is 928 g/mol. The van der Waals surface area contributed by atoms with E-state index in [0.717, 1.165) is 77.0 Å². The Hall–Kier alpha value is -2.03. The number of carbonyl (C=O) groups excluding carboxylic acids is 2. The lowest BCUT2D eigenvalue weighted by Gasteiger charge is -2.30. The van der Waals surface area contributed by atoms with Crippen LogP contribution in [-0.2, 0) is 27.9 Å². The van der Waals surface area contributed by atoms with Crippen molar-refractivity contribution in [2.75, 3.05) is 40.9 Å². The Labute approximate surface area is 452 Å². The standard InChI is InChI=1S/C63H119N2O7P/c1-7-10-13-16-19-22-25-27-28-29-30-31-32-33-34-35-36-38-40-43-46-49-52-55-62(66)64-60(59-71-73(68,69)70-58-57-65(4,5)6)61(54-51-48-45-42-39-24-21-18-15-12-9-3)72-63(67)56-53-50-47-44-41-37-26-23-20-17-14-11-8-2/h11,14,17,20,23,26,51,54,60-61H,7-10,12-13,15-16,18-19,21-22,24-25,27-50,52-53,55-59H2,1-6H3,(H-,64,66,68,69)/b14-11+,20-17+,26-23-,54-51-. The van der Waals surface area contributed by atoms with E-state index in [4.69, 9.17) is 13.8 Å². The molecule has 9 nitrogen and oxygen atoms in total. The summed E-state index contributed by atoms with van der Waals surface area (Å²) < 4.78 is 30.2. The van der Waals surface area contributed by atoms with Crippen LogP contribution in [0.2, 0.25) is 0 Å². The molecule has 0 aromatic heterocycles. The molecule has 1 N–H and O–H groups in total. The highest BCUT2D eigenvalue weighted by atomic mass is 31.2. The van der Waals surface area contributed by atoms with Gasteiger partial charge >= 0.3 is 5.97 Å². The third-order valence-corrected chi connectivity index (χ3v) is 14.8. The summed E-state index contributed by atoms with van der Waals surface area (Å²) in [5.74, 6) is -0.556. The van der Waals surface area contributed by atoms with Gasteiger partial charge in [0.05, 0.1) is 33.8 Å². The predicted octanol–water partition coefficient (Wildman–Crippen LogP) is 18.3. The lowest BCUT2D eigenvalue weighted by molar-refractivity contribution is -0.870. The minimum Gasteiger partial charge on any atom is -0.756 e. The van der Waals surface area contributed by atoms with Crippen LogP contribution in [0.1, 0.15) is 290 Å². The fourth-order valence-corrected chi connectivity index (χ4v) is 9.78. The van der Waals surface area contributed by atoms with Gasteiger partial charge in [-0.2, -0.15) is 0 Å². The van der Waals surface area contributed by atoms with Crippen molar-refractivity contribution in [1.82, 2.24) is 5.32 Å². The molecule has 3 unspecified atom stereocenters. The lowest BCUT2D eigenvalue weighted by Crippen LogP contribution is -2.47. The number of hydrogen-bond acceptors (Lipinski definition) is 7. The minimum absolute atomic E-state index is 0.0249. The second kappa shape index (κ2) is 53.4. The second-order valence-corrected chi connectivity index (χ2v) is 23.7. The first-order valence-corrected chi connectivity index (χ1v) is 32.4. The Morgan fingerprint density at radius 2 is 0.877 bits per heavy atom. The number of allylic oxidation sites excluding steroid dienone is 7. The van der Waals surface area contributed by atoms with Crippen LogP contribution in [0.5, 0.6) is 0 Å². The van der Waals surface area contributed by atoms with Crippen LogP contribution in [0, 0.1) is 0 Å². The highest BCUT2D eigenvalue weighted by molar-refractivity contribution is 7.45. The highest BCUT2D eigenvalue weighted by Gasteiger charge is 2.27. The van der Waals surface area contributed by atoms with Crippen LogP contribution >= 0.6 is 7.82 Å². The summed E-state index contributed by atoms with van der Waals surface area (Å²) in [6.45, 7) is 6.72. The third-order valence-electron chi connectivity index (χ3n) is 13.8. The van der Waals surface area contributed by atoms with Crippen molar-refractivity contribution in [3.8, 4) is 0 Å². The van der Waals surface area contributed by atoms with Gasteiger partial charge in [0, 0.05) is 12.8 Å². The van der Waals surface area contributed by atoms with Crippen LogP contribution in [0.4, 0.5) is 0 Å². The van der Waals surface area contributed by atoms with E-state index in [1.165, 1.54) is 173 Å². The fraction of sp³-hybridized carbons (Fsp3) is 0.841.